The second-order valence-corrected chi connectivity index (χ2v) is 6.37. The Kier molecular flexibility index (Phi) is 6.92. The second-order valence-electron chi connectivity index (χ2n) is 5.48. The molecule has 2 rings (SSSR count). The summed E-state index contributed by atoms with van der Waals surface area (Å²) in [4.78, 5) is 18.6. The number of carbonyl (C=O) groups is 1. The normalized spacial score (nSPS) is 19.0. The minimum atomic E-state index is 0. The molecule has 0 aromatic carbocycles. The Balaban J connectivity index is 0.00000200. The standard InChI is InChI=1S/C14H23N3OS.ClH/c1-10(2)12-9-19-14(16-12)11-4-3-7-17(8-11)13(18)5-6-15;/h9-11H,3-8,15H2,1-2H3;1H. The molecular weight excluding hydrogens is 294 g/mol. The smallest absolute Gasteiger partial charge is 0.223 e. The predicted molar refractivity (Wildman–Crippen MR) is 85.7 cm³/mol. The molecule has 0 aliphatic carbocycles. The highest BCUT2D eigenvalue weighted by atomic mass is 35.5. The van der Waals surface area contributed by atoms with E-state index in [0.29, 0.717) is 24.8 Å². The lowest BCUT2D eigenvalue weighted by molar-refractivity contribution is -0.132. The second kappa shape index (κ2) is 7.96. The molecule has 1 aliphatic heterocycles. The molecule has 1 saturated heterocycles. The topological polar surface area (TPSA) is 59.2 Å². The summed E-state index contributed by atoms with van der Waals surface area (Å²) in [7, 11) is 0. The van der Waals surface area contributed by atoms with Crippen LogP contribution < -0.4 is 5.73 Å². The van der Waals surface area contributed by atoms with Gasteiger partial charge in [-0.2, -0.15) is 0 Å². The minimum Gasteiger partial charge on any atom is -0.342 e. The van der Waals surface area contributed by atoms with Gasteiger partial charge in [-0.15, -0.1) is 23.7 Å². The number of likely N-dealkylation sites (tertiary alicyclic amines) is 1. The number of nitrogens with zero attached hydrogens (tertiary/aromatic N) is 2. The molecule has 6 heteroatoms. The van der Waals surface area contributed by atoms with Crippen LogP contribution in [-0.4, -0.2) is 35.4 Å². The lowest BCUT2D eigenvalue weighted by Gasteiger charge is -2.31. The molecule has 1 aliphatic rings. The number of aromatic nitrogens is 1. The lowest BCUT2D eigenvalue weighted by atomic mass is 9.98. The molecule has 0 bridgehead atoms. The maximum absolute atomic E-state index is 11.9. The SMILES string of the molecule is CC(C)c1csc(C2CCCN(C(=O)CCN)C2)n1.Cl. The summed E-state index contributed by atoms with van der Waals surface area (Å²) in [6, 6.07) is 0. The third-order valence-electron chi connectivity index (χ3n) is 3.61. The van der Waals surface area contributed by atoms with Crippen molar-refractivity contribution in [3.63, 3.8) is 0 Å². The van der Waals surface area contributed by atoms with Gasteiger partial charge in [0.25, 0.3) is 0 Å². The van der Waals surface area contributed by atoms with Crippen molar-refractivity contribution in [2.45, 2.75) is 44.9 Å². The molecule has 1 aromatic rings. The Bertz CT molecular complexity index is 436. The van der Waals surface area contributed by atoms with Crippen LogP contribution in [0.25, 0.3) is 0 Å². The van der Waals surface area contributed by atoms with Crippen molar-refractivity contribution in [2.75, 3.05) is 19.6 Å². The zero-order chi connectivity index (χ0) is 13.8. The number of amides is 1. The zero-order valence-electron chi connectivity index (χ0n) is 12.2. The Morgan fingerprint density at radius 1 is 1.60 bits per heavy atom. The van der Waals surface area contributed by atoms with Crippen molar-refractivity contribution in [2.24, 2.45) is 5.73 Å². The van der Waals surface area contributed by atoms with Gasteiger partial charge < -0.3 is 10.6 Å². The summed E-state index contributed by atoms with van der Waals surface area (Å²) in [5, 5.41) is 3.34. The molecule has 1 aromatic heterocycles. The van der Waals surface area contributed by atoms with Crippen LogP contribution in [0.5, 0.6) is 0 Å². The van der Waals surface area contributed by atoms with Crippen LogP contribution in [0.2, 0.25) is 0 Å². The predicted octanol–water partition coefficient (Wildman–Crippen LogP) is 2.74. The highest BCUT2D eigenvalue weighted by molar-refractivity contribution is 7.09. The van der Waals surface area contributed by atoms with E-state index >= 15 is 0 Å². The summed E-state index contributed by atoms with van der Waals surface area (Å²) < 4.78 is 0. The van der Waals surface area contributed by atoms with Crippen molar-refractivity contribution in [1.82, 2.24) is 9.88 Å². The van der Waals surface area contributed by atoms with E-state index in [4.69, 9.17) is 10.7 Å². The molecule has 1 amide bonds. The molecule has 1 atom stereocenters. The Morgan fingerprint density at radius 2 is 2.35 bits per heavy atom. The molecule has 4 nitrogen and oxygen atoms in total. The van der Waals surface area contributed by atoms with E-state index in [1.54, 1.807) is 11.3 Å². The first-order chi connectivity index (χ1) is 9.11. The fourth-order valence-corrected chi connectivity index (χ4v) is 3.55. The average Bonchev–Trinajstić information content (AvgIpc) is 2.89. The van der Waals surface area contributed by atoms with Crippen LogP contribution in [0, 0.1) is 0 Å². The van der Waals surface area contributed by atoms with Crippen LogP contribution in [-0.2, 0) is 4.79 Å². The van der Waals surface area contributed by atoms with Crippen LogP contribution >= 0.6 is 23.7 Å². The maximum atomic E-state index is 11.9. The van der Waals surface area contributed by atoms with E-state index < -0.39 is 0 Å². The van der Waals surface area contributed by atoms with E-state index in [2.05, 4.69) is 19.2 Å². The number of hydrogen-bond donors (Lipinski definition) is 1. The third kappa shape index (κ3) is 4.17. The van der Waals surface area contributed by atoms with Gasteiger partial charge in [-0.05, 0) is 18.8 Å². The van der Waals surface area contributed by atoms with Crippen molar-refractivity contribution >= 4 is 29.7 Å². The summed E-state index contributed by atoms with van der Waals surface area (Å²) >= 11 is 1.74. The largest absolute Gasteiger partial charge is 0.342 e. The van der Waals surface area contributed by atoms with E-state index in [1.807, 2.05) is 4.90 Å². The zero-order valence-corrected chi connectivity index (χ0v) is 13.8. The number of nitrogens with two attached hydrogens (primary N) is 1. The molecule has 114 valence electrons. The minimum absolute atomic E-state index is 0. The van der Waals surface area contributed by atoms with Crippen LogP contribution in [0.15, 0.2) is 5.38 Å². The van der Waals surface area contributed by atoms with Gasteiger partial charge in [0.05, 0.1) is 10.7 Å². The van der Waals surface area contributed by atoms with Gasteiger partial charge in [0.15, 0.2) is 0 Å². The highest BCUT2D eigenvalue weighted by Crippen LogP contribution is 2.30. The first-order valence-electron chi connectivity index (χ1n) is 7.05. The fourth-order valence-electron chi connectivity index (χ4n) is 2.44. The molecular formula is C14H24ClN3OS. The fraction of sp³-hybridized carbons (Fsp3) is 0.714. The molecule has 2 heterocycles. The Labute approximate surface area is 131 Å². The van der Waals surface area contributed by atoms with Gasteiger partial charge in [0.2, 0.25) is 5.91 Å². The van der Waals surface area contributed by atoms with E-state index in [0.717, 1.165) is 25.9 Å². The number of rotatable bonds is 4. The lowest BCUT2D eigenvalue weighted by Crippen LogP contribution is -2.39. The Hall–Kier alpha value is -0.650. The number of carbonyl (C=O) groups excluding carboxylic acids is 1. The summed E-state index contributed by atoms with van der Waals surface area (Å²) in [6.07, 6.45) is 2.66. The van der Waals surface area contributed by atoms with Crippen LogP contribution in [0.4, 0.5) is 0 Å². The first-order valence-corrected chi connectivity index (χ1v) is 7.93. The molecule has 1 unspecified atom stereocenters. The van der Waals surface area contributed by atoms with Gasteiger partial charge in [-0.1, -0.05) is 13.8 Å². The van der Waals surface area contributed by atoms with E-state index in [-0.39, 0.29) is 18.3 Å². The molecule has 0 radical (unpaired) electrons. The molecule has 20 heavy (non-hydrogen) atoms. The van der Waals surface area contributed by atoms with E-state index in [9.17, 15) is 4.79 Å². The van der Waals surface area contributed by atoms with Crippen LogP contribution in [0.3, 0.4) is 0 Å². The summed E-state index contributed by atoms with van der Waals surface area (Å²) in [5.74, 6) is 1.07. The van der Waals surface area contributed by atoms with Crippen LogP contribution in [0.1, 0.15) is 55.6 Å². The molecule has 0 spiro atoms. The number of thiazole rings is 1. The van der Waals surface area contributed by atoms with Crippen molar-refractivity contribution in [1.29, 1.82) is 0 Å². The summed E-state index contributed by atoms with van der Waals surface area (Å²) in [5.41, 5.74) is 6.63. The highest BCUT2D eigenvalue weighted by Gasteiger charge is 2.26. The van der Waals surface area contributed by atoms with Gasteiger partial charge in [-0.25, -0.2) is 4.98 Å². The van der Waals surface area contributed by atoms with E-state index in [1.165, 1.54) is 10.7 Å². The van der Waals surface area contributed by atoms with Gasteiger partial charge in [-0.3, -0.25) is 4.79 Å². The van der Waals surface area contributed by atoms with Crippen molar-refractivity contribution in [3.8, 4) is 0 Å². The summed E-state index contributed by atoms with van der Waals surface area (Å²) in [6.45, 7) is 6.45. The Morgan fingerprint density at radius 3 is 2.95 bits per heavy atom. The monoisotopic (exact) mass is 317 g/mol. The average molecular weight is 318 g/mol. The maximum Gasteiger partial charge on any atom is 0.223 e. The van der Waals surface area contributed by atoms with Gasteiger partial charge in [0.1, 0.15) is 0 Å². The van der Waals surface area contributed by atoms with Gasteiger partial charge in [0, 0.05) is 37.4 Å². The number of hydrogen-bond acceptors (Lipinski definition) is 4. The number of halogens is 1. The molecule has 2 N–H and O–H groups in total. The van der Waals surface area contributed by atoms with Crippen molar-refractivity contribution < 1.29 is 4.79 Å². The van der Waals surface area contributed by atoms with Crippen molar-refractivity contribution in [3.05, 3.63) is 16.1 Å². The molecule has 1 fully saturated rings. The number of piperidine rings is 1. The quantitative estimate of drug-likeness (QED) is 0.929. The molecule has 0 saturated carbocycles. The van der Waals surface area contributed by atoms with Gasteiger partial charge >= 0.3 is 0 Å². The first kappa shape index (κ1) is 17.4. The third-order valence-corrected chi connectivity index (χ3v) is 4.64.